The van der Waals surface area contributed by atoms with Crippen LogP contribution in [0.4, 0.5) is 0 Å². The van der Waals surface area contributed by atoms with Gasteiger partial charge in [0.25, 0.3) is 0 Å². The molecule has 0 amide bonds. The molecule has 0 fully saturated rings. The molecule has 0 aliphatic carbocycles. The van der Waals surface area contributed by atoms with Crippen molar-refractivity contribution in [3.63, 3.8) is 0 Å². The number of hydrogen-bond donors (Lipinski definition) is 1. The Balaban J connectivity index is 2.36. The van der Waals surface area contributed by atoms with Gasteiger partial charge in [0.05, 0.1) is 16.8 Å². The first kappa shape index (κ1) is 12.8. The average molecular weight is 283 g/mol. The van der Waals surface area contributed by atoms with Crippen LogP contribution in [0, 0.1) is 13.8 Å². The minimum absolute atomic E-state index is 0.305. The quantitative estimate of drug-likeness (QED) is 0.763. The third kappa shape index (κ3) is 2.08. The fraction of sp³-hybridized carbons (Fsp3) is 0.125. The molecule has 2 aromatic heterocycles. The molecule has 0 saturated heterocycles. The Morgan fingerprint density at radius 1 is 1.20 bits per heavy atom. The number of hydrogen-bond acceptors (Lipinski definition) is 3. The van der Waals surface area contributed by atoms with E-state index in [1.165, 1.54) is 0 Å². The molecule has 3 aromatic rings. The summed E-state index contributed by atoms with van der Waals surface area (Å²) in [6.45, 7) is 3.99. The Morgan fingerprint density at radius 3 is 2.60 bits per heavy atom. The summed E-state index contributed by atoms with van der Waals surface area (Å²) in [5.74, 6) is -0.919. The van der Waals surface area contributed by atoms with Crippen LogP contribution in [0.25, 0.3) is 22.2 Å². The highest BCUT2D eigenvalue weighted by Crippen LogP contribution is 2.28. The van der Waals surface area contributed by atoms with Crippen LogP contribution in [0.5, 0.6) is 0 Å². The molecule has 3 rings (SSSR count). The molecule has 0 atom stereocenters. The molecule has 0 aliphatic rings. The average Bonchev–Trinajstić information content (AvgIpc) is 2.92. The Kier molecular flexibility index (Phi) is 3.03. The van der Waals surface area contributed by atoms with Gasteiger partial charge in [-0.15, -0.1) is 0 Å². The molecule has 0 spiro atoms. The Bertz CT molecular complexity index is 807. The van der Waals surface area contributed by atoms with Crippen LogP contribution in [-0.4, -0.2) is 16.1 Å². The van der Waals surface area contributed by atoms with Crippen LogP contribution in [0.2, 0.25) is 0 Å². The molecule has 20 heavy (non-hydrogen) atoms. The zero-order chi connectivity index (χ0) is 14.3. The minimum atomic E-state index is -0.919. The fourth-order valence-electron chi connectivity index (χ4n) is 2.22. The molecule has 1 aromatic carbocycles. The number of thiophene rings is 1. The second-order valence-electron chi connectivity index (χ2n) is 4.83. The molecule has 1 N–H and O–H groups in total. The van der Waals surface area contributed by atoms with E-state index in [-0.39, 0.29) is 0 Å². The highest BCUT2D eigenvalue weighted by atomic mass is 32.1. The molecule has 100 valence electrons. The molecular formula is C16H13NO2S. The van der Waals surface area contributed by atoms with Gasteiger partial charge in [-0.05, 0) is 54.6 Å². The number of fused-ring (bicyclic) bond motifs is 1. The second-order valence-corrected chi connectivity index (χ2v) is 5.61. The van der Waals surface area contributed by atoms with E-state index in [2.05, 4.69) is 4.98 Å². The van der Waals surface area contributed by atoms with Crippen LogP contribution in [0.3, 0.4) is 0 Å². The number of benzene rings is 1. The normalized spacial score (nSPS) is 10.9. The molecule has 0 bridgehead atoms. The number of aryl methyl sites for hydroxylation is 2. The molecule has 0 saturated carbocycles. The zero-order valence-electron chi connectivity index (χ0n) is 11.2. The third-order valence-corrected chi connectivity index (χ3v) is 4.15. The third-order valence-electron chi connectivity index (χ3n) is 3.47. The van der Waals surface area contributed by atoms with Crippen molar-refractivity contribution in [3.8, 4) is 11.3 Å². The van der Waals surface area contributed by atoms with Crippen molar-refractivity contribution in [1.82, 2.24) is 4.98 Å². The maximum Gasteiger partial charge on any atom is 0.336 e. The number of aromatic nitrogens is 1. The molecule has 3 nitrogen and oxygen atoms in total. The molecule has 0 unspecified atom stereocenters. The Hall–Kier alpha value is -2.20. The number of carboxylic acid groups (broad SMARTS) is 1. The largest absolute Gasteiger partial charge is 0.478 e. The first-order valence-corrected chi connectivity index (χ1v) is 7.18. The van der Waals surface area contributed by atoms with Gasteiger partial charge < -0.3 is 5.11 Å². The van der Waals surface area contributed by atoms with E-state index in [0.717, 1.165) is 22.2 Å². The van der Waals surface area contributed by atoms with Crippen molar-refractivity contribution in [2.45, 2.75) is 13.8 Å². The first-order valence-electron chi connectivity index (χ1n) is 6.24. The summed E-state index contributed by atoms with van der Waals surface area (Å²) in [5, 5.41) is 14.1. The number of aromatic carboxylic acids is 1. The van der Waals surface area contributed by atoms with Crippen LogP contribution in [-0.2, 0) is 0 Å². The first-order chi connectivity index (χ1) is 9.56. The van der Waals surface area contributed by atoms with Crippen molar-refractivity contribution in [2.24, 2.45) is 0 Å². The summed E-state index contributed by atoms with van der Waals surface area (Å²) < 4.78 is 0. The van der Waals surface area contributed by atoms with Crippen LogP contribution < -0.4 is 0 Å². The van der Waals surface area contributed by atoms with Crippen molar-refractivity contribution in [2.75, 3.05) is 0 Å². The molecular weight excluding hydrogens is 270 g/mol. The highest BCUT2D eigenvalue weighted by Gasteiger charge is 2.14. The maximum atomic E-state index is 11.5. The van der Waals surface area contributed by atoms with Crippen LogP contribution in [0.1, 0.15) is 21.5 Å². The molecule has 0 aliphatic heterocycles. The summed E-state index contributed by atoms with van der Waals surface area (Å²) in [6.07, 6.45) is 0. The van der Waals surface area contributed by atoms with Gasteiger partial charge >= 0.3 is 5.97 Å². The Morgan fingerprint density at radius 2 is 1.95 bits per heavy atom. The van der Waals surface area contributed by atoms with Crippen LogP contribution in [0.15, 0.2) is 35.0 Å². The van der Waals surface area contributed by atoms with E-state index in [1.807, 2.05) is 42.8 Å². The zero-order valence-corrected chi connectivity index (χ0v) is 12.0. The number of rotatable bonds is 2. The lowest BCUT2D eigenvalue weighted by molar-refractivity contribution is 0.0699. The number of carbonyl (C=O) groups is 1. The van der Waals surface area contributed by atoms with Gasteiger partial charge in [0.15, 0.2) is 0 Å². The van der Waals surface area contributed by atoms with Gasteiger partial charge in [-0.25, -0.2) is 9.78 Å². The SMILES string of the molecule is Cc1cc2nc(-c3ccsc3)cc(C(=O)O)c2cc1C. The van der Waals surface area contributed by atoms with E-state index >= 15 is 0 Å². The van der Waals surface area contributed by atoms with Crippen molar-refractivity contribution < 1.29 is 9.90 Å². The number of carboxylic acids is 1. The van der Waals surface area contributed by atoms with Gasteiger partial charge in [-0.2, -0.15) is 11.3 Å². The topological polar surface area (TPSA) is 50.2 Å². The predicted octanol–water partition coefficient (Wildman–Crippen LogP) is 4.28. The smallest absolute Gasteiger partial charge is 0.336 e. The Labute approximate surface area is 120 Å². The fourth-order valence-corrected chi connectivity index (χ4v) is 2.87. The molecule has 4 heteroatoms. The lowest BCUT2D eigenvalue weighted by Crippen LogP contribution is -2.01. The van der Waals surface area contributed by atoms with E-state index in [4.69, 9.17) is 0 Å². The maximum absolute atomic E-state index is 11.5. The van der Waals surface area contributed by atoms with Gasteiger partial charge in [-0.1, -0.05) is 0 Å². The minimum Gasteiger partial charge on any atom is -0.478 e. The summed E-state index contributed by atoms with van der Waals surface area (Å²) in [6, 6.07) is 7.46. The van der Waals surface area contributed by atoms with Gasteiger partial charge in [0, 0.05) is 16.3 Å². The number of nitrogens with zero attached hydrogens (tertiary/aromatic N) is 1. The second kappa shape index (κ2) is 4.72. The van der Waals surface area contributed by atoms with Gasteiger partial charge in [-0.3, -0.25) is 0 Å². The van der Waals surface area contributed by atoms with Crippen molar-refractivity contribution in [1.29, 1.82) is 0 Å². The van der Waals surface area contributed by atoms with E-state index in [1.54, 1.807) is 17.4 Å². The van der Waals surface area contributed by atoms with Crippen molar-refractivity contribution >= 4 is 28.2 Å². The molecule has 0 radical (unpaired) electrons. The van der Waals surface area contributed by atoms with E-state index in [9.17, 15) is 9.90 Å². The van der Waals surface area contributed by atoms with Crippen molar-refractivity contribution in [3.05, 3.63) is 51.7 Å². The lowest BCUT2D eigenvalue weighted by atomic mass is 10.0. The summed E-state index contributed by atoms with van der Waals surface area (Å²) in [5.41, 5.74) is 4.89. The van der Waals surface area contributed by atoms with E-state index in [0.29, 0.717) is 16.6 Å². The number of pyridine rings is 1. The lowest BCUT2D eigenvalue weighted by Gasteiger charge is -2.09. The monoisotopic (exact) mass is 283 g/mol. The molecule has 2 heterocycles. The van der Waals surface area contributed by atoms with Gasteiger partial charge in [0.2, 0.25) is 0 Å². The van der Waals surface area contributed by atoms with Crippen LogP contribution >= 0.6 is 11.3 Å². The summed E-state index contributed by atoms with van der Waals surface area (Å²) in [4.78, 5) is 16.1. The highest BCUT2D eigenvalue weighted by molar-refractivity contribution is 7.08. The standard InChI is InChI=1S/C16H13NO2S/c1-9-5-12-13(16(18)19)7-14(11-3-4-20-8-11)17-15(12)6-10(9)2/h3-8H,1-2H3,(H,18,19). The summed E-state index contributed by atoms with van der Waals surface area (Å²) >= 11 is 1.57. The summed E-state index contributed by atoms with van der Waals surface area (Å²) in [7, 11) is 0. The van der Waals surface area contributed by atoms with E-state index < -0.39 is 5.97 Å². The van der Waals surface area contributed by atoms with Gasteiger partial charge in [0.1, 0.15) is 0 Å². The predicted molar refractivity (Wildman–Crippen MR) is 81.5 cm³/mol.